The normalized spacial score (nSPS) is 25.8. The molecule has 0 amide bonds. The van der Waals surface area contributed by atoms with Gasteiger partial charge in [0.05, 0.1) is 19.3 Å². The third-order valence-electron chi connectivity index (χ3n) is 5.48. The molecule has 0 saturated carbocycles. The molecule has 13 nitrogen and oxygen atoms in total. The Morgan fingerprint density at radius 2 is 1.95 bits per heavy atom. The highest BCUT2D eigenvalue weighted by molar-refractivity contribution is 8.13. The lowest BCUT2D eigenvalue weighted by molar-refractivity contribution is -0.149. The molecule has 0 bridgehead atoms. The number of nitrogens with zero attached hydrogens (tertiary/aromatic N) is 1. The molecule has 0 aliphatic carbocycles. The van der Waals surface area contributed by atoms with Gasteiger partial charge in [0.2, 0.25) is 0 Å². The number of aromatic nitrogens is 2. The second-order valence-corrected chi connectivity index (χ2v) is 14.1. The minimum Gasteiger partial charge on any atom is -0.462 e. The molecule has 1 aromatic heterocycles. The van der Waals surface area contributed by atoms with Crippen LogP contribution in [0.4, 0.5) is 0 Å². The molecule has 1 aliphatic rings. The van der Waals surface area contributed by atoms with Crippen molar-refractivity contribution in [2.75, 3.05) is 19.0 Å². The number of ether oxygens (including phenoxy) is 2. The molecule has 222 valence electrons. The van der Waals surface area contributed by atoms with Crippen molar-refractivity contribution in [2.24, 2.45) is 5.41 Å². The molecule has 0 radical (unpaired) electrons. The van der Waals surface area contributed by atoms with E-state index in [-0.39, 0.29) is 17.5 Å². The maximum Gasteiger partial charge on any atom is 0.406 e. The molecule has 16 heteroatoms. The third kappa shape index (κ3) is 9.25. The molecule has 1 fully saturated rings. The van der Waals surface area contributed by atoms with Crippen molar-refractivity contribution in [3.63, 3.8) is 0 Å². The molecule has 0 spiro atoms. The summed E-state index contributed by atoms with van der Waals surface area (Å²) in [5, 5.41) is 13.2. The molecule has 39 heavy (non-hydrogen) atoms. The van der Waals surface area contributed by atoms with Crippen molar-refractivity contribution in [2.45, 2.75) is 83.9 Å². The summed E-state index contributed by atoms with van der Waals surface area (Å²) < 4.78 is 36.6. The van der Waals surface area contributed by atoms with E-state index in [1.807, 2.05) is 0 Å². The highest BCUT2D eigenvalue weighted by Gasteiger charge is 2.54. The van der Waals surface area contributed by atoms with E-state index in [1.165, 1.54) is 20.0 Å². The van der Waals surface area contributed by atoms with E-state index in [1.54, 1.807) is 34.6 Å². The molecule has 1 saturated heterocycles. The zero-order valence-electron chi connectivity index (χ0n) is 23.0. The Morgan fingerprint density at radius 3 is 2.51 bits per heavy atom. The van der Waals surface area contributed by atoms with Crippen LogP contribution in [-0.2, 0) is 32.7 Å². The number of hydrogen-bond acceptors (Lipinski definition) is 11. The molecule has 0 unspecified atom stereocenters. The van der Waals surface area contributed by atoms with Crippen molar-refractivity contribution in [3.8, 4) is 0 Å². The predicted octanol–water partition coefficient (Wildman–Crippen LogP) is 2.17. The first-order chi connectivity index (χ1) is 17.9. The number of thioether (sulfide) groups is 1. The first-order valence-electron chi connectivity index (χ1n) is 12.3. The van der Waals surface area contributed by atoms with Crippen LogP contribution in [0, 0.1) is 5.41 Å². The minimum atomic E-state index is -4.23. The Bertz CT molecular complexity index is 1180. The summed E-state index contributed by atoms with van der Waals surface area (Å²) in [5.74, 6) is -0.534. The van der Waals surface area contributed by atoms with Crippen LogP contribution in [0.25, 0.3) is 0 Å². The maximum absolute atomic E-state index is 13.6. The number of carbonyl (C=O) groups excluding carboxylic acids is 2. The Kier molecular flexibility index (Phi) is 11.6. The number of esters is 1. The summed E-state index contributed by atoms with van der Waals surface area (Å²) in [5.41, 5.74) is -2.00. The van der Waals surface area contributed by atoms with Crippen molar-refractivity contribution in [1.29, 1.82) is 0 Å². The highest BCUT2D eigenvalue weighted by atomic mass is 35.5. The van der Waals surface area contributed by atoms with Crippen molar-refractivity contribution < 1.29 is 37.8 Å². The topological polar surface area (TPSA) is 175 Å². The number of aliphatic hydroxyl groups is 1. The number of alkyl halides is 1. The molecule has 1 aliphatic heterocycles. The van der Waals surface area contributed by atoms with Crippen LogP contribution in [0.2, 0.25) is 0 Å². The molecule has 6 atom stereocenters. The maximum atomic E-state index is 13.6. The Morgan fingerprint density at radius 1 is 1.31 bits per heavy atom. The third-order valence-corrected chi connectivity index (χ3v) is 8.85. The zero-order valence-corrected chi connectivity index (χ0v) is 25.4. The lowest BCUT2D eigenvalue weighted by Crippen LogP contribution is -2.43. The van der Waals surface area contributed by atoms with Gasteiger partial charge in [0.25, 0.3) is 5.56 Å². The molecule has 1 aromatic rings. The van der Waals surface area contributed by atoms with Crippen LogP contribution in [-0.4, -0.2) is 73.9 Å². The number of halogens is 1. The predicted molar refractivity (Wildman–Crippen MR) is 146 cm³/mol. The number of carbonyl (C=O) groups is 2. The second kappa shape index (κ2) is 13.4. The quantitative estimate of drug-likeness (QED) is 0.136. The van der Waals surface area contributed by atoms with Gasteiger partial charge in [-0.15, -0.1) is 11.6 Å². The summed E-state index contributed by atoms with van der Waals surface area (Å²) in [6, 6.07) is 0.00205. The van der Waals surface area contributed by atoms with Crippen LogP contribution >= 0.6 is 31.1 Å². The Balaban J connectivity index is 2.16. The van der Waals surface area contributed by atoms with Gasteiger partial charge in [-0.25, -0.2) is 14.4 Å². The average molecular weight is 614 g/mol. The van der Waals surface area contributed by atoms with E-state index in [0.717, 1.165) is 22.4 Å². The molecule has 0 aromatic carbocycles. The highest BCUT2D eigenvalue weighted by Crippen LogP contribution is 2.48. The van der Waals surface area contributed by atoms with Crippen LogP contribution in [0.15, 0.2) is 21.9 Å². The van der Waals surface area contributed by atoms with E-state index in [4.69, 9.17) is 30.1 Å². The molecular formula is C23H37ClN3O10PS. The van der Waals surface area contributed by atoms with Gasteiger partial charge in [-0.1, -0.05) is 32.5 Å². The summed E-state index contributed by atoms with van der Waals surface area (Å²) >= 11 is 7.53. The SMILES string of the molecule is CC(C)OC(=O)[C@H](C)N[P@@](=O)(OCCSC(=O)C(C)(C)C)OC[C@H]1O[C@@H](n2ccc(=O)[nH]c2=O)[C@](C)(Cl)[C@@H]1O. The Hall–Kier alpha value is -1.51. The fraction of sp³-hybridized carbons (Fsp3) is 0.739. The molecule has 2 rings (SSSR count). The van der Waals surface area contributed by atoms with Gasteiger partial charge >= 0.3 is 19.4 Å². The van der Waals surface area contributed by atoms with Crippen molar-refractivity contribution in [3.05, 3.63) is 33.1 Å². The standard InChI is InChI=1S/C23H37ClN3O10PS/c1-13(2)36-18(30)14(3)26-38(33,34-10-11-39-20(31)22(4,5)6)35-12-15-17(29)23(7,24)19(37-15)27-9-8-16(28)25-21(27)32/h8-9,13-15,17,19,29H,10-12H2,1-7H3,(H,26,33)(H,25,28,32)/t14-,15+,17+,19+,23+,38+/m0/s1. The first kappa shape index (κ1) is 33.7. The lowest BCUT2D eigenvalue weighted by atomic mass is 10.00. The number of hydrogen-bond donors (Lipinski definition) is 3. The van der Waals surface area contributed by atoms with Gasteiger partial charge < -0.3 is 14.6 Å². The number of aliphatic hydroxyl groups excluding tert-OH is 1. The largest absolute Gasteiger partial charge is 0.462 e. The van der Waals surface area contributed by atoms with E-state index < -0.39 is 72.4 Å². The van der Waals surface area contributed by atoms with Crippen LogP contribution in [0.3, 0.4) is 0 Å². The summed E-state index contributed by atoms with van der Waals surface area (Å²) in [7, 11) is -4.23. The van der Waals surface area contributed by atoms with Crippen LogP contribution in [0.5, 0.6) is 0 Å². The second-order valence-electron chi connectivity index (χ2n) is 10.5. The number of aromatic amines is 1. The van der Waals surface area contributed by atoms with E-state index in [2.05, 4.69) is 10.1 Å². The van der Waals surface area contributed by atoms with Crippen molar-refractivity contribution >= 4 is 42.2 Å². The van der Waals surface area contributed by atoms with Crippen LogP contribution in [0.1, 0.15) is 54.7 Å². The first-order valence-corrected chi connectivity index (χ1v) is 15.2. The summed E-state index contributed by atoms with van der Waals surface area (Å²) in [4.78, 5) is 48.7. The number of H-pyrrole nitrogens is 1. The van der Waals surface area contributed by atoms with E-state index in [9.17, 15) is 28.8 Å². The minimum absolute atomic E-state index is 0.0869. The van der Waals surface area contributed by atoms with Crippen molar-refractivity contribution in [1.82, 2.24) is 14.6 Å². The zero-order chi connectivity index (χ0) is 29.8. The van der Waals surface area contributed by atoms with Gasteiger partial charge in [-0.2, -0.15) is 0 Å². The lowest BCUT2D eigenvalue weighted by Gasteiger charge is -2.26. The Labute approximate surface area is 235 Å². The van der Waals surface area contributed by atoms with Gasteiger partial charge in [0, 0.05) is 23.4 Å². The fourth-order valence-electron chi connectivity index (χ4n) is 3.38. The van der Waals surface area contributed by atoms with Gasteiger partial charge in [0.15, 0.2) is 11.3 Å². The van der Waals surface area contributed by atoms with E-state index >= 15 is 0 Å². The van der Waals surface area contributed by atoms with Gasteiger partial charge in [-0.3, -0.25) is 33.0 Å². The average Bonchev–Trinajstić information content (AvgIpc) is 3.03. The molecule has 2 heterocycles. The summed E-state index contributed by atoms with van der Waals surface area (Å²) in [6.07, 6.45) is -3.03. The van der Waals surface area contributed by atoms with Gasteiger partial charge in [0.1, 0.15) is 23.1 Å². The monoisotopic (exact) mass is 613 g/mol. The van der Waals surface area contributed by atoms with Crippen LogP contribution < -0.4 is 16.3 Å². The number of nitrogens with one attached hydrogen (secondary N) is 2. The molecule has 3 N–H and O–H groups in total. The molecular weight excluding hydrogens is 577 g/mol. The smallest absolute Gasteiger partial charge is 0.406 e. The van der Waals surface area contributed by atoms with E-state index in [0.29, 0.717) is 0 Å². The van der Waals surface area contributed by atoms with Gasteiger partial charge in [-0.05, 0) is 27.7 Å². The summed E-state index contributed by atoms with van der Waals surface area (Å²) in [6.45, 7) is 10.8. The fourth-order valence-corrected chi connectivity index (χ4v) is 6.06. The number of rotatable bonds is 12.